The topological polar surface area (TPSA) is 66.9 Å². The van der Waals surface area contributed by atoms with E-state index in [0.29, 0.717) is 12.4 Å². The minimum absolute atomic E-state index is 0.152. The van der Waals surface area contributed by atoms with E-state index in [0.717, 1.165) is 31.4 Å². The molecule has 2 N–H and O–H groups in total. The molecule has 0 unspecified atom stereocenters. The minimum atomic E-state index is -0.738. The fourth-order valence-corrected chi connectivity index (χ4v) is 3.05. The van der Waals surface area contributed by atoms with Gasteiger partial charge in [0.15, 0.2) is 0 Å². The Morgan fingerprint density at radius 2 is 1.96 bits per heavy atom. The molecule has 1 aliphatic rings. The number of hydrogen-bond donors (Lipinski definition) is 2. The van der Waals surface area contributed by atoms with Crippen LogP contribution in [0.2, 0.25) is 0 Å². The van der Waals surface area contributed by atoms with Crippen molar-refractivity contribution in [1.82, 2.24) is 15.3 Å². The van der Waals surface area contributed by atoms with Crippen molar-refractivity contribution >= 4 is 17.4 Å². The number of rotatable bonds is 6. The highest BCUT2D eigenvalue weighted by Crippen LogP contribution is 2.22. The summed E-state index contributed by atoms with van der Waals surface area (Å²) in [6.07, 6.45) is 7.69. The monoisotopic (exact) mass is 372 g/mol. The zero-order chi connectivity index (χ0) is 19.2. The number of nitrogens with one attached hydrogen (secondary N) is 2. The molecule has 0 bridgehead atoms. The number of aryl methyl sites for hydroxylation is 1. The van der Waals surface area contributed by atoms with Gasteiger partial charge in [0.25, 0.3) is 5.91 Å². The van der Waals surface area contributed by atoms with Crippen LogP contribution >= 0.6 is 0 Å². The second-order valence-corrected chi connectivity index (χ2v) is 6.52. The predicted octanol–water partition coefficient (Wildman–Crippen LogP) is 4.43. The summed E-state index contributed by atoms with van der Waals surface area (Å²) in [7, 11) is 0. The Morgan fingerprint density at radius 3 is 2.67 bits per heavy atom. The van der Waals surface area contributed by atoms with Crippen LogP contribution in [0.1, 0.15) is 48.4 Å². The molecular formula is C20H22F2N4O. The Balaban J connectivity index is 1.67. The quantitative estimate of drug-likeness (QED) is 0.737. The van der Waals surface area contributed by atoms with Crippen LogP contribution in [0.4, 0.5) is 20.3 Å². The van der Waals surface area contributed by atoms with E-state index >= 15 is 0 Å². The third-order valence-corrected chi connectivity index (χ3v) is 4.40. The van der Waals surface area contributed by atoms with Gasteiger partial charge in [0.05, 0.1) is 0 Å². The molecular weight excluding hydrogens is 350 g/mol. The molecule has 1 aromatic heterocycles. The van der Waals surface area contributed by atoms with Gasteiger partial charge in [-0.1, -0.05) is 17.7 Å². The maximum absolute atomic E-state index is 13.8. The number of nitrogens with zero attached hydrogens (tertiary/aromatic N) is 2. The summed E-state index contributed by atoms with van der Waals surface area (Å²) in [6, 6.07) is 4.95. The normalized spacial score (nSPS) is 13.8. The van der Waals surface area contributed by atoms with Crippen LogP contribution in [0, 0.1) is 18.6 Å². The first kappa shape index (κ1) is 18.9. The number of carbonyl (C=O) groups is 1. The molecule has 0 atom stereocenters. The summed E-state index contributed by atoms with van der Waals surface area (Å²) in [6.45, 7) is 2.14. The minimum Gasteiger partial charge on any atom is -0.350 e. The molecule has 0 spiro atoms. The number of allylic oxidation sites excluding steroid dienone is 1. The fraction of sp³-hybridized carbons (Fsp3) is 0.350. The molecule has 1 aliphatic carbocycles. The van der Waals surface area contributed by atoms with Crippen LogP contribution in [0.15, 0.2) is 35.9 Å². The Hall–Kier alpha value is -2.83. The van der Waals surface area contributed by atoms with Gasteiger partial charge in [-0.15, -0.1) is 0 Å². The van der Waals surface area contributed by atoms with Crippen molar-refractivity contribution in [3.8, 4) is 0 Å². The van der Waals surface area contributed by atoms with Crippen LogP contribution in [-0.2, 0) is 0 Å². The zero-order valence-corrected chi connectivity index (χ0v) is 15.2. The molecule has 3 rings (SSSR count). The van der Waals surface area contributed by atoms with Gasteiger partial charge in [-0.05, 0) is 51.2 Å². The van der Waals surface area contributed by atoms with Crippen LogP contribution in [0.3, 0.4) is 0 Å². The van der Waals surface area contributed by atoms with Gasteiger partial charge in [0, 0.05) is 12.6 Å². The molecule has 0 saturated heterocycles. The Bertz CT molecular complexity index is 847. The molecule has 2 aromatic rings. The highest BCUT2D eigenvalue weighted by molar-refractivity contribution is 5.93. The number of benzene rings is 1. The van der Waals surface area contributed by atoms with E-state index in [1.165, 1.54) is 30.5 Å². The lowest BCUT2D eigenvalue weighted by atomic mass is 9.97. The van der Waals surface area contributed by atoms with E-state index in [9.17, 15) is 13.6 Å². The summed E-state index contributed by atoms with van der Waals surface area (Å²) >= 11 is 0. The lowest BCUT2D eigenvalue weighted by molar-refractivity contribution is 0.0948. The first-order chi connectivity index (χ1) is 13.0. The van der Waals surface area contributed by atoms with Crippen molar-refractivity contribution < 1.29 is 13.6 Å². The number of halogens is 2. The van der Waals surface area contributed by atoms with Crippen molar-refractivity contribution in [3.63, 3.8) is 0 Å². The van der Waals surface area contributed by atoms with E-state index in [1.54, 1.807) is 6.92 Å². The summed E-state index contributed by atoms with van der Waals surface area (Å²) in [5.41, 5.74) is 1.21. The molecule has 0 saturated carbocycles. The third-order valence-electron chi connectivity index (χ3n) is 4.40. The van der Waals surface area contributed by atoms with Gasteiger partial charge in [0.2, 0.25) is 0 Å². The lowest BCUT2D eigenvalue weighted by Gasteiger charge is -2.13. The van der Waals surface area contributed by atoms with E-state index in [2.05, 4.69) is 26.7 Å². The molecule has 0 aliphatic heterocycles. The standard InChI is InChI=1S/C20H22F2N4O/c1-13-24-17(20(27)23-11-10-14-6-3-2-4-7-14)12-18(25-13)26-19-15(21)8-5-9-16(19)22/h5-6,8-9,12H,2-4,7,10-11H2,1H3,(H,23,27)(H,24,25,26). The van der Waals surface area contributed by atoms with Crippen molar-refractivity contribution in [2.24, 2.45) is 0 Å². The number of aromatic nitrogens is 2. The largest absolute Gasteiger partial charge is 0.350 e. The van der Waals surface area contributed by atoms with Crippen molar-refractivity contribution in [2.45, 2.75) is 39.0 Å². The molecule has 27 heavy (non-hydrogen) atoms. The van der Waals surface area contributed by atoms with E-state index in [4.69, 9.17) is 0 Å². The lowest BCUT2D eigenvalue weighted by Crippen LogP contribution is -2.26. The molecule has 142 valence electrons. The summed E-state index contributed by atoms with van der Waals surface area (Å²) in [5.74, 6) is -1.33. The first-order valence-electron chi connectivity index (χ1n) is 9.06. The number of anilines is 2. The zero-order valence-electron chi connectivity index (χ0n) is 15.2. The SMILES string of the molecule is Cc1nc(Nc2c(F)cccc2F)cc(C(=O)NCCC2=CCCCC2)n1. The van der Waals surface area contributed by atoms with Crippen LogP contribution in [0.5, 0.6) is 0 Å². The average molecular weight is 372 g/mol. The van der Waals surface area contributed by atoms with Gasteiger partial charge in [0.1, 0.15) is 34.7 Å². The Kier molecular flexibility index (Phi) is 6.11. The number of para-hydroxylation sites is 1. The van der Waals surface area contributed by atoms with Gasteiger partial charge in [-0.2, -0.15) is 0 Å². The highest BCUT2D eigenvalue weighted by Gasteiger charge is 2.14. The van der Waals surface area contributed by atoms with Crippen LogP contribution in [-0.4, -0.2) is 22.4 Å². The van der Waals surface area contributed by atoms with Crippen molar-refractivity contribution in [3.05, 3.63) is 59.1 Å². The average Bonchev–Trinajstić information content (AvgIpc) is 2.65. The summed E-state index contributed by atoms with van der Waals surface area (Å²) < 4.78 is 27.6. The second-order valence-electron chi connectivity index (χ2n) is 6.52. The van der Waals surface area contributed by atoms with E-state index in [1.807, 2.05) is 0 Å². The molecule has 0 fully saturated rings. The maximum atomic E-state index is 13.8. The van der Waals surface area contributed by atoms with Crippen molar-refractivity contribution in [1.29, 1.82) is 0 Å². The summed E-state index contributed by atoms with van der Waals surface area (Å²) in [4.78, 5) is 20.6. The van der Waals surface area contributed by atoms with E-state index in [-0.39, 0.29) is 23.1 Å². The van der Waals surface area contributed by atoms with E-state index < -0.39 is 11.6 Å². The summed E-state index contributed by atoms with van der Waals surface area (Å²) in [5, 5.41) is 5.44. The first-order valence-corrected chi connectivity index (χ1v) is 9.06. The van der Waals surface area contributed by atoms with Gasteiger partial charge < -0.3 is 10.6 Å². The molecule has 7 heteroatoms. The smallest absolute Gasteiger partial charge is 0.270 e. The molecule has 1 aromatic carbocycles. The molecule has 1 amide bonds. The number of hydrogen-bond acceptors (Lipinski definition) is 4. The predicted molar refractivity (Wildman–Crippen MR) is 99.9 cm³/mol. The van der Waals surface area contributed by atoms with Gasteiger partial charge in [-0.25, -0.2) is 18.7 Å². The molecule has 5 nitrogen and oxygen atoms in total. The molecule has 0 radical (unpaired) electrons. The number of amides is 1. The van der Waals surface area contributed by atoms with Gasteiger partial charge in [-0.3, -0.25) is 4.79 Å². The molecule has 1 heterocycles. The highest BCUT2D eigenvalue weighted by atomic mass is 19.1. The van der Waals surface area contributed by atoms with Crippen molar-refractivity contribution in [2.75, 3.05) is 11.9 Å². The Morgan fingerprint density at radius 1 is 1.19 bits per heavy atom. The van der Waals surface area contributed by atoms with Crippen LogP contribution in [0.25, 0.3) is 0 Å². The maximum Gasteiger partial charge on any atom is 0.270 e. The van der Waals surface area contributed by atoms with Gasteiger partial charge >= 0.3 is 0 Å². The fourth-order valence-electron chi connectivity index (χ4n) is 3.05. The Labute approximate surface area is 156 Å². The third kappa shape index (κ3) is 5.09. The number of carbonyl (C=O) groups excluding carboxylic acids is 1. The van der Waals surface area contributed by atoms with Crippen LogP contribution < -0.4 is 10.6 Å². The second kappa shape index (κ2) is 8.70.